The molecule has 0 saturated carbocycles. The normalized spacial score (nSPS) is 20.2. The number of rotatable bonds is 5. The van der Waals surface area contributed by atoms with E-state index in [1.54, 1.807) is 6.07 Å². The fourth-order valence-electron chi connectivity index (χ4n) is 2.73. The van der Waals surface area contributed by atoms with E-state index in [1.807, 2.05) is 6.07 Å². The second kappa shape index (κ2) is 5.81. The predicted octanol–water partition coefficient (Wildman–Crippen LogP) is 2.81. The van der Waals surface area contributed by atoms with Crippen LogP contribution in [0.25, 0.3) is 0 Å². The van der Waals surface area contributed by atoms with Crippen LogP contribution in [0.4, 0.5) is 4.39 Å². The van der Waals surface area contributed by atoms with Gasteiger partial charge in [-0.2, -0.15) is 0 Å². The number of halogens is 1. The maximum Gasteiger partial charge on any atom is 0.126 e. The zero-order valence-corrected chi connectivity index (χ0v) is 11.1. The fourth-order valence-corrected chi connectivity index (χ4v) is 2.73. The van der Waals surface area contributed by atoms with E-state index in [9.17, 15) is 9.50 Å². The molecular formula is C15H22FNO. The molecule has 2 atom stereocenters. The molecule has 18 heavy (non-hydrogen) atoms. The smallest absolute Gasteiger partial charge is 0.126 e. The summed E-state index contributed by atoms with van der Waals surface area (Å²) in [5.41, 5.74) is 1.90. The van der Waals surface area contributed by atoms with Gasteiger partial charge in [0.2, 0.25) is 0 Å². The van der Waals surface area contributed by atoms with Crippen LogP contribution < -0.4 is 5.32 Å². The third-order valence-corrected chi connectivity index (χ3v) is 3.56. The first-order valence-corrected chi connectivity index (χ1v) is 6.76. The van der Waals surface area contributed by atoms with Crippen molar-refractivity contribution in [1.82, 2.24) is 5.32 Å². The summed E-state index contributed by atoms with van der Waals surface area (Å²) in [6.07, 6.45) is 2.20. The second-order valence-corrected chi connectivity index (χ2v) is 5.59. The van der Waals surface area contributed by atoms with Gasteiger partial charge in [-0.25, -0.2) is 4.39 Å². The van der Waals surface area contributed by atoms with E-state index in [2.05, 4.69) is 19.2 Å². The molecule has 3 heteroatoms. The van der Waals surface area contributed by atoms with Gasteiger partial charge in [0.1, 0.15) is 5.82 Å². The topological polar surface area (TPSA) is 32.3 Å². The molecule has 1 aromatic carbocycles. The molecule has 0 aromatic heterocycles. The average molecular weight is 251 g/mol. The predicted molar refractivity (Wildman–Crippen MR) is 70.9 cm³/mol. The van der Waals surface area contributed by atoms with E-state index in [4.69, 9.17) is 0 Å². The molecular weight excluding hydrogens is 229 g/mol. The van der Waals surface area contributed by atoms with E-state index >= 15 is 0 Å². The minimum Gasteiger partial charge on any atom is -0.392 e. The van der Waals surface area contributed by atoms with Gasteiger partial charge in [-0.1, -0.05) is 26.0 Å². The average Bonchev–Trinajstić information content (AvgIpc) is 2.70. The highest BCUT2D eigenvalue weighted by atomic mass is 19.1. The fraction of sp³-hybridized carbons (Fsp3) is 0.600. The maximum atomic E-state index is 13.6. The van der Waals surface area contributed by atoms with Gasteiger partial charge < -0.3 is 10.4 Å². The first-order chi connectivity index (χ1) is 8.58. The van der Waals surface area contributed by atoms with Crippen molar-refractivity contribution < 1.29 is 9.50 Å². The van der Waals surface area contributed by atoms with E-state index in [0.29, 0.717) is 12.5 Å². The Bertz CT molecular complexity index is 405. The highest BCUT2D eigenvalue weighted by molar-refractivity contribution is 5.35. The third kappa shape index (κ3) is 3.09. The Hall–Kier alpha value is -0.930. The van der Waals surface area contributed by atoms with Crippen LogP contribution in [0.2, 0.25) is 0 Å². The summed E-state index contributed by atoms with van der Waals surface area (Å²) in [5.74, 6) is 0.398. The summed E-state index contributed by atoms with van der Waals surface area (Å²) in [6, 6.07) is 5.46. The molecule has 0 saturated heterocycles. The van der Waals surface area contributed by atoms with Crippen molar-refractivity contribution in [3.8, 4) is 0 Å². The molecule has 0 amide bonds. The van der Waals surface area contributed by atoms with Crippen LogP contribution in [-0.4, -0.2) is 17.8 Å². The summed E-state index contributed by atoms with van der Waals surface area (Å²) >= 11 is 0. The summed E-state index contributed by atoms with van der Waals surface area (Å²) < 4.78 is 13.6. The van der Waals surface area contributed by atoms with Gasteiger partial charge in [-0.15, -0.1) is 0 Å². The molecule has 2 rings (SSSR count). The number of fused-ring (bicyclic) bond motifs is 1. The Kier molecular flexibility index (Phi) is 4.36. The summed E-state index contributed by atoms with van der Waals surface area (Å²) in [6.45, 7) is 4.78. The van der Waals surface area contributed by atoms with Crippen molar-refractivity contribution in [3.05, 3.63) is 35.1 Å². The van der Waals surface area contributed by atoms with Crippen molar-refractivity contribution in [2.75, 3.05) is 6.54 Å². The van der Waals surface area contributed by atoms with Gasteiger partial charge >= 0.3 is 0 Å². The van der Waals surface area contributed by atoms with Crippen LogP contribution in [0.15, 0.2) is 18.2 Å². The molecule has 0 spiro atoms. The van der Waals surface area contributed by atoms with Gasteiger partial charge in [0.05, 0.1) is 6.10 Å². The van der Waals surface area contributed by atoms with Crippen molar-refractivity contribution in [2.45, 2.75) is 45.3 Å². The lowest BCUT2D eigenvalue weighted by Crippen LogP contribution is -2.30. The van der Waals surface area contributed by atoms with Gasteiger partial charge in [-0.05, 0) is 42.4 Å². The van der Waals surface area contributed by atoms with Crippen LogP contribution in [0.3, 0.4) is 0 Å². The first-order valence-electron chi connectivity index (χ1n) is 6.76. The van der Waals surface area contributed by atoms with Gasteiger partial charge in [0.25, 0.3) is 0 Å². The number of aliphatic hydroxyl groups excluding tert-OH is 1. The van der Waals surface area contributed by atoms with Crippen LogP contribution in [-0.2, 0) is 6.42 Å². The monoisotopic (exact) mass is 251 g/mol. The SMILES string of the molecule is CC(C)CC(O)CNC1CCc2c(F)cccc21. The number of hydrogen-bond donors (Lipinski definition) is 2. The van der Waals surface area contributed by atoms with Gasteiger partial charge in [0, 0.05) is 12.6 Å². The summed E-state index contributed by atoms with van der Waals surface area (Å²) in [4.78, 5) is 0. The largest absolute Gasteiger partial charge is 0.392 e. The minimum atomic E-state index is -0.317. The minimum absolute atomic E-state index is 0.0977. The molecule has 1 aliphatic carbocycles. The lowest BCUT2D eigenvalue weighted by Gasteiger charge is -2.18. The lowest BCUT2D eigenvalue weighted by molar-refractivity contribution is 0.142. The molecule has 1 aliphatic rings. The Labute approximate surface area is 108 Å². The molecule has 1 aromatic rings. The summed E-state index contributed by atoms with van der Waals surface area (Å²) in [5, 5.41) is 13.2. The zero-order valence-electron chi connectivity index (χ0n) is 11.1. The van der Waals surface area contributed by atoms with E-state index in [1.165, 1.54) is 6.07 Å². The highest BCUT2D eigenvalue weighted by Crippen LogP contribution is 2.32. The van der Waals surface area contributed by atoms with E-state index in [0.717, 1.165) is 30.4 Å². The molecule has 0 heterocycles. The number of benzene rings is 1. The number of nitrogens with one attached hydrogen (secondary N) is 1. The highest BCUT2D eigenvalue weighted by Gasteiger charge is 2.24. The Morgan fingerprint density at radius 2 is 2.22 bits per heavy atom. The molecule has 0 radical (unpaired) electrons. The number of hydrogen-bond acceptors (Lipinski definition) is 2. The van der Waals surface area contributed by atoms with E-state index in [-0.39, 0.29) is 18.0 Å². The molecule has 100 valence electrons. The molecule has 0 aliphatic heterocycles. The van der Waals surface area contributed by atoms with Crippen LogP contribution >= 0.6 is 0 Å². The van der Waals surface area contributed by atoms with Crippen LogP contribution in [0, 0.1) is 11.7 Å². The molecule has 2 unspecified atom stereocenters. The van der Waals surface area contributed by atoms with Crippen LogP contribution in [0.5, 0.6) is 0 Å². The Balaban J connectivity index is 1.92. The maximum absolute atomic E-state index is 13.6. The zero-order chi connectivity index (χ0) is 13.1. The van der Waals surface area contributed by atoms with Crippen LogP contribution in [0.1, 0.15) is 43.9 Å². The molecule has 0 fully saturated rings. The Morgan fingerprint density at radius 3 is 2.94 bits per heavy atom. The third-order valence-electron chi connectivity index (χ3n) is 3.56. The second-order valence-electron chi connectivity index (χ2n) is 5.59. The van der Waals surface area contributed by atoms with Crippen molar-refractivity contribution in [2.24, 2.45) is 5.92 Å². The standard InChI is InChI=1S/C15H22FNO/c1-10(2)8-11(18)9-17-15-7-6-12-13(15)4-3-5-14(12)16/h3-5,10-11,15,17-18H,6-9H2,1-2H3. The van der Waals surface area contributed by atoms with Gasteiger partial charge in [-0.3, -0.25) is 0 Å². The quantitative estimate of drug-likeness (QED) is 0.843. The summed E-state index contributed by atoms with van der Waals surface area (Å²) in [7, 11) is 0. The lowest BCUT2D eigenvalue weighted by atomic mass is 10.0. The molecule has 2 N–H and O–H groups in total. The van der Waals surface area contributed by atoms with Crippen molar-refractivity contribution in [3.63, 3.8) is 0 Å². The van der Waals surface area contributed by atoms with Gasteiger partial charge in [0.15, 0.2) is 0 Å². The number of aliphatic hydroxyl groups is 1. The van der Waals surface area contributed by atoms with Crippen molar-refractivity contribution >= 4 is 0 Å². The molecule has 0 bridgehead atoms. The van der Waals surface area contributed by atoms with E-state index < -0.39 is 0 Å². The van der Waals surface area contributed by atoms with Crippen molar-refractivity contribution in [1.29, 1.82) is 0 Å². The first kappa shape index (κ1) is 13.5. The molecule has 2 nitrogen and oxygen atoms in total. The Morgan fingerprint density at radius 1 is 1.44 bits per heavy atom.